The molecule has 0 bridgehead atoms. The molecule has 1 aliphatic rings. The zero-order valence-corrected chi connectivity index (χ0v) is 17.1. The highest BCUT2D eigenvalue weighted by Gasteiger charge is 2.32. The molecule has 1 unspecified atom stereocenters. The second-order valence-electron chi connectivity index (χ2n) is 6.11. The van der Waals surface area contributed by atoms with E-state index in [-0.39, 0.29) is 22.9 Å². The lowest BCUT2D eigenvalue weighted by atomic mass is 10.1. The van der Waals surface area contributed by atoms with Gasteiger partial charge in [-0.05, 0) is 48.4 Å². The summed E-state index contributed by atoms with van der Waals surface area (Å²) in [5, 5.41) is 10.8. The number of carboxylic acids is 1. The van der Waals surface area contributed by atoms with Gasteiger partial charge in [-0.2, -0.15) is 0 Å². The molecule has 2 N–H and O–H groups in total. The number of rotatable bonds is 7. The second-order valence-corrected chi connectivity index (χ2v) is 9.59. The number of imide groups is 1. The Morgan fingerprint density at radius 1 is 1.10 bits per heavy atom. The van der Waals surface area contributed by atoms with Crippen molar-refractivity contribution >= 4 is 56.2 Å². The molecule has 0 saturated carbocycles. The second kappa shape index (κ2) is 8.44. The largest absolute Gasteiger partial charge is 0.480 e. The molecule has 1 saturated heterocycles. The molecule has 0 aromatic heterocycles. The lowest BCUT2D eigenvalue weighted by Gasteiger charge is -2.23. The van der Waals surface area contributed by atoms with Gasteiger partial charge in [0.15, 0.2) is 0 Å². The molecule has 1 atom stereocenters. The number of aliphatic carboxylic acids is 1. The SMILES string of the molecule is O=C(O)CN(c1ccc(CC2SC(=O)NC2=O)cc1)S(=O)(=O)c1ccc(Cl)cc1. The van der Waals surface area contributed by atoms with Gasteiger partial charge in [-0.1, -0.05) is 35.5 Å². The number of thioether (sulfide) groups is 1. The molecule has 2 amide bonds. The number of carbonyl (C=O) groups is 3. The predicted octanol–water partition coefficient (Wildman–Crippen LogP) is 2.51. The Morgan fingerprint density at radius 2 is 1.72 bits per heavy atom. The first-order valence-corrected chi connectivity index (χ1v) is 11.0. The van der Waals surface area contributed by atoms with E-state index in [1.807, 2.05) is 0 Å². The first-order valence-electron chi connectivity index (χ1n) is 8.27. The lowest BCUT2D eigenvalue weighted by Crippen LogP contribution is -2.35. The fourth-order valence-electron chi connectivity index (χ4n) is 2.71. The molecule has 2 aromatic carbocycles. The fraction of sp³-hybridized carbons (Fsp3) is 0.167. The van der Waals surface area contributed by atoms with Crippen LogP contribution in [0.15, 0.2) is 53.4 Å². The maximum atomic E-state index is 12.9. The van der Waals surface area contributed by atoms with E-state index >= 15 is 0 Å². The topological polar surface area (TPSA) is 121 Å². The Labute approximate surface area is 175 Å². The third-order valence-electron chi connectivity index (χ3n) is 4.09. The molecule has 1 heterocycles. The van der Waals surface area contributed by atoms with E-state index < -0.39 is 33.0 Å². The molecule has 0 aliphatic carbocycles. The number of carbonyl (C=O) groups excluding carboxylic acids is 2. The van der Waals surface area contributed by atoms with Gasteiger partial charge in [0.05, 0.1) is 15.8 Å². The van der Waals surface area contributed by atoms with Gasteiger partial charge >= 0.3 is 5.97 Å². The molecular formula is C18H15ClN2O6S2. The van der Waals surface area contributed by atoms with Crippen molar-refractivity contribution in [3.05, 3.63) is 59.1 Å². The summed E-state index contributed by atoms with van der Waals surface area (Å²) < 4.78 is 26.7. The van der Waals surface area contributed by atoms with Gasteiger partial charge in [0.25, 0.3) is 15.3 Å². The number of hydrogen-bond donors (Lipinski definition) is 2. The van der Waals surface area contributed by atoms with Gasteiger partial charge < -0.3 is 5.11 Å². The number of hydrogen-bond acceptors (Lipinski definition) is 6. The van der Waals surface area contributed by atoms with Crippen LogP contribution in [-0.4, -0.2) is 42.4 Å². The minimum Gasteiger partial charge on any atom is -0.480 e. The van der Waals surface area contributed by atoms with Crippen LogP contribution < -0.4 is 9.62 Å². The number of halogens is 1. The van der Waals surface area contributed by atoms with E-state index in [1.165, 1.54) is 36.4 Å². The molecule has 0 radical (unpaired) electrons. The fourth-order valence-corrected chi connectivity index (χ4v) is 5.11. The Balaban J connectivity index is 1.87. The van der Waals surface area contributed by atoms with Gasteiger partial charge in [0, 0.05) is 5.02 Å². The molecule has 3 rings (SSSR count). The molecule has 2 aromatic rings. The van der Waals surface area contributed by atoms with E-state index in [0.717, 1.165) is 16.1 Å². The molecule has 1 aliphatic heterocycles. The van der Waals surface area contributed by atoms with Crippen LogP contribution in [0.3, 0.4) is 0 Å². The molecular weight excluding hydrogens is 440 g/mol. The normalized spacial score (nSPS) is 16.5. The van der Waals surface area contributed by atoms with Crippen LogP contribution in [0.1, 0.15) is 5.56 Å². The van der Waals surface area contributed by atoms with Crippen molar-refractivity contribution in [3.8, 4) is 0 Å². The average molecular weight is 455 g/mol. The van der Waals surface area contributed by atoms with Crippen LogP contribution in [0, 0.1) is 0 Å². The van der Waals surface area contributed by atoms with Crippen LogP contribution >= 0.6 is 23.4 Å². The van der Waals surface area contributed by atoms with Crippen LogP contribution in [0.25, 0.3) is 0 Å². The zero-order chi connectivity index (χ0) is 21.2. The lowest BCUT2D eigenvalue weighted by molar-refractivity contribution is -0.135. The number of sulfonamides is 1. The van der Waals surface area contributed by atoms with Crippen LogP contribution in [0.4, 0.5) is 10.5 Å². The standard InChI is InChI=1S/C18H15ClN2O6S2/c19-12-3-7-14(8-4-12)29(26,27)21(10-16(22)23)13-5-1-11(2-6-13)9-15-17(24)20-18(25)28-15/h1-8,15H,9-10H2,(H,22,23)(H,20,24,25). The summed E-state index contributed by atoms with van der Waals surface area (Å²) in [6, 6.07) is 11.5. The minimum absolute atomic E-state index is 0.0928. The van der Waals surface area contributed by atoms with Crippen LogP contribution in [0.5, 0.6) is 0 Å². The average Bonchev–Trinajstić information content (AvgIpc) is 2.97. The smallest absolute Gasteiger partial charge is 0.324 e. The van der Waals surface area contributed by atoms with Crippen molar-refractivity contribution in [1.82, 2.24) is 5.32 Å². The Hall–Kier alpha value is -2.56. The summed E-state index contributed by atoms with van der Waals surface area (Å²) >= 11 is 6.69. The molecule has 29 heavy (non-hydrogen) atoms. The van der Waals surface area contributed by atoms with Gasteiger partial charge in [-0.3, -0.25) is 24.0 Å². The highest BCUT2D eigenvalue weighted by molar-refractivity contribution is 8.15. The summed E-state index contributed by atoms with van der Waals surface area (Å²) in [5.74, 6) is -1.69. The number of amides is 2. The number of nitrogens with one attached hydrogen (secondary N) is 1. The summed E-state index contributed by atoms with van der Waals surface area (Å²) in [6.45, 7) is -0.764. The summed E-state index contributed by atoms with van der Waals surface area (Å²) in [5.41, 5.74) is 0.862. The van der Waals surface area contributed by atoms with E-state index in [9.17, 15) is 27.9 Å². The summed E-state index contributed by atoms with van der Waals surface area (Å²) in [7, 11) is -4.14. The van der Waals surface area contributed by atoms with Gasteiger partial charge in [0.2, 0.25) is 5.91 Å². The molecule has 8 nitrogen and oxygen atoms in total. The van der Waals surface area contributed by atoms with Gasteiger partial charge in [-0.25, -0.2) is 8.42 Å². The molecule has 11 heteroatoms. The van der Waals surface area contributed by atoms with E-state index in [2.05, 4.69) is 5.32 Å². The highest BCUT2D eigenvalue weighted by Crippen LogP contribution is 2.27. The van der Waals surface area contributed by atoms with E-state index in [1.54, 1.807) is 12.1 Å². The van der Waals surface area contributed by atoms with E-state index in [0.29, 0.717) is 10.6 Å². The third kappa shape index (κ3) is 4.89. The van der Waals surface area contributed by atoms with Crippen LogP contribution in [0.2, 0.25) is 5.02 Å². The van der Waals surface area contributed by atoms with Crippen molar-refractivity contribution in [3.63, 3.8) is 0 Å². The van der Waals surface area contributed by atoms with Crippen LogP contribution in [-0.2, 0) is 26.0 Å². The Bertz CT molecular complexity index is 1050. The van der Waals surface area contributed by atoms with Crippen molar-refractivity contribution in [2.24, 2.45) is 0 Å². The first kappa shape index (κ1) is 21.2. The molecule has 1 fully saturated rings. The minimum atomic E-state index is -4.14. The van der Waals surface area contributed by atoms with Crippen molar-refractivity contribution < 1.29 is 27.9 Å². The molecule has 152 valence electrons. The van der Waals surface area contributed by atoms with Crippen molar-refractivity contribution in [2.75, 3.05) is 10.8 Å². The van der Waals surface area contributed by atoms with Gasteiger partial charge in [0.1, 0.15) is 6.54 Å². The number of anilines is 1. The molecule has 0 spiro atoms. The number of nitrogens with zero attached hydrogens (tertiary/aromatic N) is 1. The Morgan fingerprint density at radius 3 is 2.24 bits per heavy atom. The maximum Gasteiger partial charge on any atom is 0.324 e. The van der Waals surface area contributed by atoms with Crippen molar-refractivity contribution in [2.45, 2.75) is 16.6 Å². The number of carboxylic acid groups (broad SMARTS) is 1. The first-order chi connectivity index (χ1) is 13.7. The monoisotopic (exact) mass is 454 g/mol. The number of benzene rings is 2. The highest BCUT2D eigenvalue weighted by atomic mass is 35.5. The quantitative estimate of drug-likeness (QED) is 0.659. The predicted molar refractivity (Wildman–Crippen MR) is 109 cm³/mol. The Kier molecular flexibility index (Phi) is 6.15. The van der Waals surface area contributed by atoms with E-state index in [4.69, 9.17) is 11.6 Å². The van der Waals surface area contributed by atoms with Crippen molar-refractivity contribution in [1.29, 1.82) is 0 Å². The third-order valence-corrected chi connectivity index (χ3v) is 7.11. The summed E-state index contributed by atoms with van der Waals surface area (Å²) in [4.78, 5) is 34.1. The van der Waals surface area contributed by atoms with Gasteiger partial charge in [-0.15, -0.1) is 0 Å². The maximum absolute atomic E-state index is 12.9. The summed E-state index contributed by atoms with van der Waals surface area (Å²) in [6.07, 6.45) is 0.283. The zero-order valence-electron chi connectivity index (χ0n) is 14.7.